The zero-order valence-electron chi connectivity index (χ0n) is 37.8. The van der Waals surface area contributed by atoms with Crippen molar-refractivity contribution in [2.45, 2.75) is 5.41 Å². The lowest BCUT2D eigenvalue weighted by Crippen LogP contribution is -2.28. The zero-order valence-corrected chi connectivity index (χ0v) is 37.8. The van der Waals surface area contributed by atoms with Gasteiger partial charge in [0, 0.05) is 27.6 Å². The summed E-state index contributed by atoms with van der Waals surface area (Å²) in [6.45, 7) is 0. The smallest absolute Gasteiger partial charge is 0.135 e. The van der Waals surface area contributed by atoms with Crippen molar-refractivity contribution in [2.75, 3.05) is 4.90 Å². The van der Waals surface area contributed by atoms with Crippen LogP contribution in [0.1, 0.15) is 22.3 Å². The van der Waals surface area contributed by atoms with Gasteiger partial charge >= 0.3 is 0 Å². The van der Waals surface area contributed by atoms with E-state index in [2.05, 4.69) is 266 Å². The lowest BCUT2D eigenvalue weighted by Gasteiger charge is -2.34. The van der Waals surface area contributed by atoms with E-state index in [1.807, 2.05) is 12.1 Å². The fourth-order valence-corrected chi connectivity index (χ4v) is 11.1. The third-order valence-corrected chi connectivity index (χ3v) is 14.2. The normalized spacial score (nSPS) is 12.5. The van der Waals surface area contributed by atoms with E-state index < -0.39 is 5.41 Å². The summed E-state index contributed by atoms with van der Waals surface area (Å²) in [5.74, 6) is 0. The molecule has 1 aromatic heterocycles. The van der Waals surface area contributed by atoms with E-state index in [1.165, 1.54) is 50.1 Å². The van der Waals surface area contributed by atoms with Crippen LogP contribution in [0.3, 0.4) is 0 Å². The SMILES string of the molecule is c1ccc(-c2ccc(-c3ccccc3N(c3ccc(-c4ccc5oc6ccccc6c5c4)cc3)c3ccccc3-c3cccc4c3-c3ccccc3C4(c3ccccc3)c3ccccc3)cc2)cc1. The minimum atomic E-state index is -0.515. The maximum absolute atomic E-state index is 6.21. The standard InChI is InChI=1S/C67H45NO/c1-4-19-46(20-5-1)47-35-37-49(38-36-47)54-25-11-15-32-62(54)68(53-42-39-48(40-43-53)50-41-44-65-59(45-50)56-27-13-17-34-64(56)69-65)63-33-16-12-26-55(63)57-29-18-31-61-66(57)58-28-10-14-30-60(58)67(61,51-21-6-2-7-22-51)52-23-8-3-9-24-52/h1-45H. The maximum Gasteiger partial charge on any atom is 0.135 e. The number of hydrogen-bond donors (Lipinski definition) is 0. The van der Waals surface area contributed by atoms with Crippen molar-refractivity contribution in [3.63, 3.8) is 0 Å². The molecule has 0 saturated heterocycles. The summed E-state index contributed by atoms with van der Waals surface area (Å²) in [6.07, 6.45) is 0. The van der Waals surface area contributed by atoms with Crippen molar-refractivity contribution in [3.8, 4) is 55.6 Å². The summed E-state index contributed by atoms with van der Waals surface area (Å²) in [4.78, 5) is 2.47. The van der Waals surface area contributed by atoms with E-state index in [4.69, 9.17) is 4.42 Å². The Morgan fingerprint density at radius 3 is 1.49 bits per heavy atom. The predicted molar refractivity (Wildman–Crippen MR) is 287 cm³/mol. The average Bonchev–Trinajstić information content (AvgIpc) is 3.96. The van der Waals surface area contributed by atoms with Crippen molar-refractivity contribution in [3.05, 3.63) is 295 Å². The van der Waals surface area contributed by atoms with Gasteiger partial charge in [-0.15, -0.1) is 0 Å². The lowest BCUT2D eigenvalue weighted by atomic mass is 9.67. The van der Waals surface area contributed by atoms with Gasteiger partial charge in [0.15, 0.2) is 0 Å². The molecule has 1 aliphatic rings. The molecule has 0 N–H and O–H groups in total. The van der Waals surface area contributed by atoms with Crippen LogP contribution in [0.2, 0.25) is 0 Å². The molecule has 12 aromatic rings. The van der Waals surface area contributed by atoms with Crippen LogP contribution in [0.5, 0.6) is 0 Å². The number of fused-ring (bicyclic) bond motifs is 6. The molecule has 0 radical (unpaired) electrons. The van der Waals surface area contributed by atoms with Gasteiger partial charge in [-0.2, -0.15) is 0 Å². The van der Waals surface area contributed by atoms with E-state index in [-0.39, 0.29) is 0 Å². The first-order valence-corrected chi connectivity index (χ1v) is 23.7. The Kier molecular flexibility index (Phi) is 9.77. The molecule has 11 aromatic carbocycles. The molecule has 324 valence electrons. The van der Waals surface area contributed by atoms with E-state index in [9.17, 15) is 0 Å². The fourth-order valence-electron chi connectivity index (χ4n) is 11.1. The Morgan fingerprint density at radius 2 is 0.768 bits per heavy atom. The molecular weight excluding hydrogens is 835 g/mol. The van der Waals surface area contributed by atoms with Gasteiger partial charge in [-0.1, -0.05) is 231 Å². The van der Waals surface area contributed by atoms with E-state index >= 15 is 0 Å². The fraction of sp³-hybridized carbons (Fsp3) is 0.0149. The van der Waals surface area contributed by atoms with Crippen LogP contribution < -0.4 is 4.90 Å². The molecule has 0 aliphatic heterocycles. The highest BCUT2D eigenvalue weighted by Crippen LogP contribution is 2.59. The second-order valence-electron chi connectivity index (χ2n) is 17.9. The van der Waals surface area contributed by atoms with Crippen molar-refractivity contribution < 1.29 is 4.42 Å². The van der Waals surface area contributed by atoms with Crippen LogP contribution in [-0.4, -0.2) is 0 Å². The van der Waals surface area contributed by atoms with E-state index in [1.54, 1.807) is 0 Å². The highest BCUT2D eigenvalue weighted by atomic mass is 16.3. The lowest BCUT2D eigenvalue weighted by molar-refractivity contribution is 0.669. The minimum Gasteiger partial charge on any atom is -0.456 e. The molecule has 0 bridgehead atoms. The zero-order chi connectivity index (χ0) is 45.7. The summed E-state index contributed by atoms with van der Waals surface area (Å²) in [6, 6.07) is 99.4. The summed E-state index contributed by atoms with van der Waals surface area (Å²) in [7, 11) is 0. The van der Waals surface area contributed by atoms with Gasteiger partial charge in [0.05, 0.1) is 16.8 Å². The second-order valence-corrected chi connectivity index (χ2v) is 17.9. The van der Waals surface area contributed by atoms with Crippen LogP contribution in [-0.2, 0) is 5.41 Å². The van der Waals surface area contributed by atoms with Crippen LogP contribution in [0, 0.1) is 0 Å². The minimum absolute atomic E-state index is 0.515. The molecular formula is C67H45NO. The van der Waals surface area contributed by atoms with Gasteiger partial charge in [-0.3, -0.25) is 0 Å². The van der Waals surface area contributed by atoms with Gasteiger partial charge in [0.2, 0.25) is 0 Å². The van der Waals surface area contributed by atoms with Crippen LogP contribution >= 0.6 is 0 Å². The number of furan rings is 1. The summed E-state index contributed by atoms with van der Waals surface area (Å²) < 4.78 is 6.21. The Hall–Kier alpha value is -8.98. The van der Waals surface area contributed by atoms with Crippen LogP contribution in [0.15, 0.2) is 277 Å². The summed E-state index contributed by atoms with van der Waals surface area (Å²) in [5, 5.41) is 2.25. The van der Waals surface area contributed by atoms with E-state index in [0.717, 1.165) is 66.8 Å². The molecule has 1 heterocycles. The second kappa shape index (κ2) is 16.7. The predicted octanol–water partition coefficient (Wildman–Crippen LogP) is 18.1. The topological polar surface area (TPSA) is 16.4 Å². The number of rotatable bonds is 9. The molecule has 13 rings (SSSR count). The molecule has 0 amide bonds. The first kappa shape index (κ1) is 40.3. The molecule has 0 unspecified atom stereocenters. The molecule has 0 fully saturated rings. The molecule has 0 atom stereocenters. The molecule has 69 heavy (non-hydrogen) atoms. The molecule has 1 aliphatic carbocycles. The third-order valence-electron chi connectivity index (χ3n) is 14.2. The molecule has 2 nitrogen and oxygen atoms in total. The number of anilines is 3. The monoisotopic (exact) mass is 879 g/mol. The highest BCUT2D eigenvalue weighted by molar-refractivity contribution is 6.06. The maximum atomic E-state index is 6.21. The Bertz CT molecular complexity index is 3780. The largest absolute Gasteiger partial charge is 0.456 e. The Balaban J connectivity index is 1.01. The van der Waals surface area contributed by atoms with Crippen molar-refractivity contribution in [2.24, 2.45) is 0 Å². The van der Waals surface area contributed by atoms with Gasteiger partial charge < -0.3 is 9.32 Å². The third kappa shape index (κ3) is 6.64. The number of nitrogens with zero attached hydrogens (tertiary/aromatic N) is 1. The van der Waals surface area contributed by atoms with Crippen LogP contribution in [0.25, 0.3) is 77.6 Å². The summed E-state index contributed by atoms with van der Waals surface area (Å²) in [5.41, 5.74) is 21.4. The van der Waals surface area contributed by atoms with Crippen molar-refractivity contribution in [1.29, 1.82) is 0 Å². The molecule has 0 saturated carbocycles. The van der Waals surface area contributed by atoms with Gasteiger partial charge in [-0.05, 0) is 109 Å². The quantitative estimate of drug-likeness (QED) is 0.144. The molecule has 0 spiro atoms. The Morgan fingerprint density at radius 1 is 0.290 bits per heavy atom. The van der Waals surface area contributed by atoms with Crippen molar-refractivity contribution in [1.82, 2.24) is 0 Å². The van der Waals surface area contributed by atoms with Gasteiger partial charge in [0.25, 0.3) is 0 Å². The average molecular weight is 880 g/mol. The van der Waals surface area contributed by atoms with Crippen LogP contribution in [0.4, 0.5) is 17.1 Å². The molecule has 2 heteroatoms. The number of benzene rings is 11. The van der Waals surface area contributed by atoms with Gasteiger partial charge in [0.1, 0.15) is 11.2 Å². The first-order valence-electron chi connectivity index (χ1n) is 23.7. The number of para-hydroxylation sites is 3. The summed E-state index contributed by atoms with van der Waals surface area (Å²) >= 11 is 0. The van der Waals surface area contributed by atoms with Crippen molar-refractivity contribution >= 4 is 39.0 Å². The Labute approximate surface area is 402 Å². The number of hydrogen-bond acceptors (Lipinski definition) is 2. The first-order chi connectivity index (χ1) is 34.2. The van der Waals surface area contributed by atoms with Gasteiger partial charge in [-0.25, -0.2) is 0 Å². The highest BCUT2D eigenvalue weighted by Gasteiger charge is 2.47. The van der Waals surface area contributed by atoms with E-state index in [0.29, 0.717) is 0 Å².